The SMILES string of the molecule is c1cc(OCC2CCCCC2)c2cccc(OCC3CCCCC3)c2c1. The lowest BCUT2D eigenvalue weighted by atomic mass is 9.90. The molecule has 0 heterocycles. The zero-order chi connectivity index (χ0) is 17.6. The maximum atomic E-state index is 6.25. The first kappa shape index (κ1) is 17.7. The summed E-state index contributed by atoms with van der Waals surface area (Å²) in [6.45, 7) is 1.71. The molecule has 26 heavy (non-hydrogen) atoms. The van der Waals surface area contributed by atoms with Crippen LogP contribution in [0.5, 0.6) is 11.5 Å². The Morgan fingerprint density at radius 1 is 0.577 bits per heavy atom. The summed E-state index contributed by atoms with van der Waals surface area (Å²) in [4.78, 5) is 0. The normalized spacial score (nSPS) is 19.5. The van der Waals surface area contributed by atoms with E-state index >= 15 is 0 Å². The van der Waals surface area contributed by atoms with Crippen LogP contribution < -0.4 is 9.47 Å². The van der Waals surface area contributed by atoms with E-state index in [0.717, 1.165) is 36.5 Å². The van der Waals surface area contributed by atoms with Crippen LogP contribution in [0.2, 0.25) is 0 Å². The molecule has 0 bridgehead atoms. The summed E-state index contributed by atoms with van der Waals surface area (Å²) < 4.78 is 12.5. The Morgan fingerprint density at radius 2 is 1.00 bits per heavy atom. The highest BCUT2D eigenvalue weighted by Gasteiger charge is 2.16. The molecule has 2 saturated carbocycles. The van der Waals surface area contributed by atoms with Crippen molar-refractivity contribution >= 4 is 10.8 Å². The van der Waals surface area contributed by atoms with Gasteiger partial charge in [-0.3, -0.25) is 0 Å². The first-order valence-corrected chi connectivity index (χ1v) is 10.7. The molecule has 2 aliphatic rings. The zero-order valence-corrected chi connectivity index (χ0v) is 15.9. The van der Waals surface area contributed by atoms with Crippen LogP contribution in [-0.2, 0) is 0 Å². The minimum absolute atomic E-state index is 0.727. The van der Waals surface area contributed by atoms with E-state index in [2.05, 4.69) is 36.4 Å². The fraction of sp³-hybridized carbons (Fsp3) is 0.583. The van der Waals surface area contributed by atoms with E-state index in [0.29, 0.717) is 0 Å². The highest BCUT2D eigenvalue weighted by atomic mass is 16.5. The van der Waals surface area contributed by atoms with Crippen molar-refractivity contribution in [2.45, 2.75) is 64.2 Å². The molecular weight excluding hydrogens is 320 g/mol. The van der Waals surface area contributed by atoms with Gasteiger partial charge in [0.2, 0.25) is 0 Å². The predicted octanol–water partition coefficient (Wildman–Crippen LogP) is 6.76. The Balaban J connectivity index is 1.45. The van der Waals surface area contributed by atoms with Gasteiger partial charge in [-0.05, 0) is 49.7 Å². The van der Waals surface area contributed by atoms with Crippen LogP contribution in [0.3, 0.4) is 0 Å². The first-order chi connectivity index (χ1) is 12.9. The Kier molecular flexibility index (Phi) is 5.99. The third-order valence-electron chi connectivity index (χ3n) is 6.24. The summed E-state index contributed by atoms with van der Waals surface area (Å²) >= 11 is 0. The van der Waals surface area contributed by atoms with Crippen LogP contribution in [0.4, 0.5) is 0 Å². The Labute approximate surface area is 157 Å². The van der Waals surface area contributed by atoms with E-state index < -0.39 is 0 Å². The van der Waals surface area contributed by atoms with Crippen LogP contribution in [0.25, 0.3) is 10.8 Å². The molecule has 0 aliphatic heterocycles. The molecule has 0 atom stereocenters. The van der Waals surface area contributed by atoms with Crippen molar-refractivity contribution in [3.05, 3.63) is 36.4 Å². The second-order valence-electron chi connectivity index (χ2n) is 8.24. The summed E-state index contributed by atoms with van der Waals surface area (Å²) in [5.41, 5.74) is 0. The summed E-state index contributed by atoms with van der Waals surface area (Å²) in [5.74, 6) is 3.47. The molecule has 4 rings (SSSR count). The molecule has 2 nitrogen and oxygen atoms in total. The largest absolute Gasteiger partial charge is 0.493 e. The van der Waals surface area contributed by atoms with Gasteiger partial charge in [0.25, 0.3) is 0 Å². The minimum atomic E-state index is 0.727. The number of hydrogen-bond donors (Lipinski definition) is 0. The number of fused-ring (bicyclic) bond motifs is 1. The van der Waals surface area contributed by atoms with Crippen molar-refractivity contribution < 1.29 is 9.47 Å². The lowest BCUT2D eigenvalue weighted by Crippen LogP contribution is -2.15. The molecule has 0 unspecified atom stereocenters. The third-order valence-corrected chi connectivity index (χ3v) is 6.24. The molecule has 0 N–H and O–H groups in total. The average molecular weight is 353 g/mol. The number of rotatable bonds is 6. The van der Waals surface area contributed by atoms with Gasteiger partial charge in [-0.15, -0.1) is 0 Å². The summed E-state index contributed by atoms with van der Waals surface area (Å²) in [5, 5.41) is 2.37. The first-order valence-electron chi connectivity index (χ1n) is 10.7. The van der Waals surface area contributed by atoms with E-state index in [4.69, 9.17) is 9.47 Å². The van der Waals surface area contributed by atoms with Gasteiger partial charge >= 0.3 is 0 Å². The zero-order valence-electron chi connectivity index (χ0n) is 15.9. The average Bonchev–Trinajstić information content (AvgIpc) is 2.72. The van der Waals surface area contributed by atoms with Crippen molar-refractivity contribution in [1.82, 2.24) is 0 Å². The van der Waals surface area contributed by atoms with Crippen LogP contribution in [0, 0.1) is 11.8 Å². The Bertz CT molecular complexity index is 635. The Morgan fingerprint density at radius 3 is 1.42 bits per heavy atom. The highest BCUT2D eigenvalue weighted by Crippen LogP contribution is 2.34. The molecule has 140 valence electrons. The second kappa shape index (κ2) is 8.79. The van der Waals surface area contributed by atoms with Crippen LogP contribution in [0.1, 0.15) is 64.2 Å². The molecule has 2 aromatic rings. The molecule has 0 amide bonds. The van der Waals surface area contributed by atoms with E-state index in [1.54, 1.807) is 0 Å². The fourth-order valence-electron chi connectivity index (χ4n) is 4.63. The number of benzene rings is 2. The molecular formula is C24H32O2. The van der Waals surface area contributed by atoms with Crippen molar-refractivity contribution in [2.75, 3.05) is 13.2 Å². The van der Waals surface area contributed by atoms with Gasteiger partial charge in [0.05, 0.1) is 13.2 Å². The van der Waals surface area contributed by atoms with Crippen molar-refractivity contribution in [3.63, 3.8) is 0 Å². The van der Waals surface area contributed by atoms with Crippen molar-refractivity contribution in [2.24, 2.45) is 11.8 Å². The maximum Gasteiger partial charge on any atom is 0.127 e. The Hall–Kier alpha value is -1.70. The monoisotopic (exact) mass is 352 g/mol. The third kappa shape index (κ3) is 4.34. The van der Waals surface area contributed by atoms with Gasteiger partial charge in [-0.25, -0.2) is 0 Å². The molecule has 0 spiro atoms. The van der Waals surface area contributed by atoms with Crippen molar-refractivity contribution in [1.29, 1.82) is 0 Å². The van der Waals surface area contributed by atoms with Crippen LogP contribution in [0.15, 0.2) is 36.4 Å². The van der Waals surface area contributed by atoms with E-state index in [9.17, 15) is 0 Å². The standard InChI is InChI=1S/C24H32O2/c1-3-9-19(10-4-1)17-25-23-15-7-14-22-21(23)13-8-16-24(22)26-18-20-11-5-2-6-12-20/h7-8,13-16,19-20H,1-6,9-12,17-18H2. The van der Waals surface area contributed by atoms with Gasteiger partial charge in [0, 0.05) is 10.8 Å². The lowest BCUT2D eigenvalue weighted by Gasteiger charge is -2.23. The maximum absolute atomic E-state index is 6.25. The summed E-state index contributed by atoms with van der Waals surface area (Å²) in [7, 11) is 0. The number of ether oxygens (including phenoxy) is 2. The fourth-order valence-corrected chi connectivity index (χ4v) is 4.63. The highest BCUT2D eigenvalue weighted by molar-refractivity contribution is 5.93. The smallest absolute Gasteiger partial charge is 0.127 e. The molecule has 2 fully saturated rings. The molecule has 0 saturated heterocycles. The van der Waals surface area contributed by atoms with Gasteiger partial charge in [-0.1, -0.05) is 62.8 Å². The molecule has 2 heteroatoms. The van der Waals surface area contributed by atoms with Gasteiger partial charge < -0.3 is 9.47 Å². The molecule has 0 aromatic heterocycles. The van der Waals surface area contributed by atoms with E-state index in [1.165, 1.54) is 75.0 Å². The van der Waals surface area contributed by atoms with Crippen LogP contribution in [-0.4, -0.2) is 13.2 Å². The van der Waals surface area contributed by atoms with Gasteiger partial charge in [-0.2, -0.15) is 0 Å². The molecule has 0 radical (unpaired) electrons. The lowest BCUT2D eigenvalue weighted by molar-refractivity contribution is 0.209. The van der Waals surface area contributed by atoms with Gasteiger partial charge in [0.1, 0.15) is 11.5 Å². The molecule has 2 aliphatic carbocycles. The second-order valence-corrected chi connectivity index (χ2v) is 8.24. The van der Waals surface area contributed by atoms with Crippen LogP contribution >= 0.6 is 0 Å². The summed E-state index contributed by atoms with van der Waals surface area (Å²) in [6, 6.07) is 12.8. The minimum Gasteiger partial charge on any atom is -0.493 e. The quantitative estimate of drug-likeness (QED) is 0.572. The van der Waals surface area contributed by atoms with E-state index in [-0.39, 0.29) is 0 Å². The predicted molar refractivity (Wildman–Crippen MR) is 108 cm³/mol. The van der Waals surface area contributed by atoms with Crippen molar-refractivity contribution in [3.8, 4) is 11.5 Å². The topological polar surface area (TPSA) is 18.5 Å². The number of hydrogen-bond acceptors (Lipinski definition) is 2. The van der Waals surface area contributed by atoms with Gasteiger partial charge in [0.15, 0.2) is 0 Å². The van der Waals surface area contributed by atoms with E-state index in [1.807, 2.05) is 0 Å². The molecule has 2 aromatic carbocycles. The summed E-state index contributed by atoms with van der Waals surface area (Å²) in [6.07, 6.45) is 13.5.